The number of piperidine rings is 1. The molecule has 0 aromatic carbocycles. The molecule has 0 unspecified atom stereocenters. The van der Waals surface area contributed by atoms with Crippen LogP contribution in [0.15, 0.2) is 5.38 Å². The lowest BCUT2D eigenvalue weighted by atomic mass is 10.1. The monoisotopic (exact) mass is 311 g/mol. The SMILES string of the molecule is Cc1csc(CNC2CCN(C(=O)OC(C)(C)C)CC2)n1. The highest BCUT2D eigenvalue weighted by Gasteiger charge is 2.26. The van der Waals surface area contributed by atoms with Gasteiger partial charge in [0.1, 0.15) is 10.6 Å². The number of likely N-dealkylation sites (tertiary alicyclic amines) is 1. The molecule has 6 heteroatoms. The third kappa shape index (κ3) is 5.28. The van der Waals surface area contributed by atoms with Gasteiger partial charge >= 0.3 is 6.09 Å². The summed E-state index contributed by atoms with van der Waals surface area (Å²) in [6.07, 6.45) is 1.73. The van der Waals surface area contributed by atoms with Gasteiger partial charge in [0.05, 0.1) is 0 Å². The number of hydrogen-bond acceptors (Lipinski definition) is 5. The van der Waals surface area contributed by atoms with Crippen molar-refractivity contribution in [3.63, 3.8) is 0 Å². The number of rotatable bonds is 3. The number of carbonyl (C=O) groups is 1. The van der Waals surface area contributed by atoms with E-state index in [0.29, 0.717) is 6.04 Å². The average Bonchev–Trinajstić information content (AvgIpc) is 2.81. The van der Waals surface area contributed by atoms with Crippen molar-refractivity contribution >= 4 is 17.4 Å². The molecule has 1 aliphatic rings. The molecule has 118 valence electrons. The summed E-state index contributed by atoms with van der Waals surface area (Å²) in [4.78, 5) is 18.2. The first kappa shape index (κ1) is 16.2. The smallest absolute Gasteiger partial charge is 0.410 e. The first-order valence-corrected chi connectivity index (χ1v) is 8.34. The molecule has 2 rings (SSSR count). The predicted molar refractivity (Wildman–Crippen MR) is 84.5 cm³/mol. The fraction of sp³-hybridized carbons (Fsp3) is 0.733. The number of nitrogens with one attached hydrogen (secondary N) is 1. The molecular weight excluding hydrogens is 286 g/mol. The van der Waals surface area contributed by atoms with E-state index in [0.717, 1.165) is 43.2 Å². The van der Waals surface area contributed by atoms with E-state index < -0.39 is 5.60 Å². The van der Waals surface area contributed by atoms with Crippen LogP contribution in [0.3, 0.4) is 0 Å². The fourth-order valence-corrected chi connectivity index (χ4v) is 3.03. The second-order valence-electron chi connectivity index (χ2n) is 6.51. The van der Waals surface area contributed by atoms with Crippen LogP contribution in [0.25, 0.3) is 0 Å². The number of nitrogens with zero attached hydrogens (tertiary/aromatic N) is 2. The molecule has 1 aliphatic heterocycles. The predicted octanol–water partition coefficient (Wildman–Crippen LogP) is 2.94. The second-order valence-corrected chi connectivity index (χ2v) is 7.45. The van der Waals surface area contributed by atoms with Gasteiger partial charge < -0.3 is 15.0 Å². The molecule has 1 aromatic rings. The number of ether oxygens (including phenoxy) is 1. The van der Waals surface area contributed by atoms with Gasteiger partial charge in [-0.3, -0.25) is 0 Å². The van der Waals surface area contributed by atoms with Gasteiger partial charge in [0.25, 0.3) is 0 Å². The molecule has 2 heterocycles. The Morgan fingerprint density at radius 3 is 2.67 bits per heavy atom. The second kappa shape index (κ2) is 6.75. The van der Waals surface area contributed by atoms with Crippen molar-refractivity contribution in [2.75, 3.05) is 13.1 Å². The van der Waals surface area contributed by atoms with E-state index in [4.69, 9.17) is 4.74 Å². The van der Waals surface area contributed by atoms with Crippen LogP contribution in [0.4, 0.5) is 4.79 Å². The molecule has 0 saturated carbocycles. The number of carbonyl (C=O) groups excluding carboxylic acids is 1. The summed E-state index contributed by atoms with van der Waals surface area (Å²) < 4.78 is 5.40. The van der Waals surface area contributed by atoms with E-state index in [-0.39, 0.29) is 6.09 Å². The van der Waals surface area contributed by atoms with Crippen LogP contribution in [0.1, 0.15) is 44.3 Å². The molecule has 1 aromatic heterocycles. The lowest BCUT2D eigenvalue weighted by molar-refractivity contribution is 0.0198. The van der Waals surface area contributed by atoms with Crippen molar-refractivity contribution in [2.45, 2.75) is 58.7 Å². The molecule has 0 spiro atoms. The lowest BCUT2D eigenvalue weighted by Crippen LogP contribution is -2.46. The summed E-state index contributed by atoms with van der Waals surface area (Å²) in [5, 5.41) is 6.73. The minimum absolute atomic E-state index is 0.198. The highest BCUT2D eigenvalue weighted by Crippen LogP contribution is 2.16. The summed E-state index contributed by atoms with van der Waals surface area (Å²) in [6, 6.07) is 0.452. The maximum atomic E-state index is 12.0. The zero-order valence-electron chi connectivity index (χ0n) is 13.3. The van der Waals surface area contributed by atoms with Crippen molar-refractivity contribution in [1.82, 2.24) is 15.2 Å². The molecule has 0 atom stereocenters. The minimum atomic E-state index is -0.422. The molecule has 1 N–H and O–H groups in total. The zero-order valence-corrected chi connectivity index (χ0v) is 14.1. The first-order chi connectivity index (χ1) is 9.83. The van der Waals surface area contributed by atoms with Crippen LogP contribution >= 0.6 is 11.3 Å². The quantitative estimate of drug-likeness (QED) is 0.932. The van der Waals surface area contributed by atoms with Gasteiger partial charge in [-0.25, -0.2) is 9.78 Å². The normalized spacial score (nSPS) is 17.0. The largest absolute Gasteiger partial charge is 0.444 e. The molecule has 0 radical (unpaired) electrons. The maximum absolute atomic E-state index is 12.0. The molecule has 1 amide bonds. The Labute approximate surface area is 130 Å². The van der Waals surface area contributed by atoms with Gasteiger partial charge in [0.15, 0.2) is 0 Å². The Morgan fingerprint density at radius 2 is 2.14 bits per heavy atom. The van der Waals surface area contributed by atoms with Crippen molar-refractivity contribution in [1.29, 1.82) is 0 Å². The number of aromatic nitrogens is 1. The van der Waals surface area contributed by atoms with Gasteiger partial charge in [-0.1, -0.05) is 0 Å². The molecule has 0 aliphatic carbocycles. The molecule has 1 fully saturated rings. The van der Waals surface area contributed by atoms with Crippen LogP contribution in [0, 0.1) is 6.92 Å². The molecule has 21 heavy (non-hydrogen) atoms. The number of thiazole rings is 1. The number of aryl methyl sites for hydroxylation is 1. The fourth-order valence-electron chi connectivity index (χ4n) is 2.31. The van der Waals surface area contributed by atoms with Gasteiger partial charge in [-0.2, -0.15) is 0 Å². The number of amides is 1. The van der Waals surface area contributed by atoms with Crippen molar-refractivity contribution in [3.05, 3.63) is 16.1 Å². The maximum Gasteiger partial charge on any atom is 0.410 e. The topological polar surface area (TPSA) is 54.5 Å². The third-order valence-corrected chi connectivity index (χ3v) is 4.32. The Morgan fingerprint density at radius 1 is 1.48 bits per heavy atom. The molecule has 5 nitrogen and oxygen atoms in total. The number of hydrogen-bond donors (Lipinski definition) is 1. The molecule has 1 saturated heterocycles. The van der Waals surface area contributed by atoms with E-state index >= 15 is 0 Å². The highest BCUT2D eigenvalue weighted by molar-refractivity contribution is 7.09. The summed E-state index contributed by atoms with van der Waals surface area (Å²) >= 11 is 1.69. The van der Waals surface area contributed by atoms with Gasteiger partial charge in [0, 0.05) is 36.8 Å². The Bertz CT molecular complexity index is 474. The van der Waals surface area contributed by atoms with E-state index in [9.17, 15) is 4.79 Å². The Kier molecular flexibility index (Phi) is 5.22. The van der Waals surface area contributed by atoms with Crippen molar-refractivity contribution in [2.24, 2.45) is 0 Å². The van der Waals surface area contributed by atoms with E-state index in [1.54, 1.807) is 16.2 Å². The third-order valence-electron chi connectivity index (χ3n) is 3.36. The first-order valence-electron chi connectivity index (χ1n) is 7.46. The highest BCUT2D eigenvalue weighted by atomic mass is 32.1. The van der Waals surface area contributed by atoms with Crippen LogP contribution in [0.5, 0.6) is 0 Å². The standard InChI is InChI=1S/C15H25N3O2S/c1-11-10-21-13(17-11)9-16-12-5-7-18(8-6-12)14(19)20-15(2,3)4/h10,12,16H,5-9H2,1-4H3. The average molecular weight is 311 g/mol. The summed E-state index contributed by atoms with van der Waals surface area (Å²) in [7, 11) is 0. The summed E-state index contributed by atoms with van der Waals surface area (Å²) in [5.74, 6) is 0. The van der Waals surface area contributed by atoms with Crippen molar-refractivity contribution < 1.29 is 9.53 Å². The van der Waals surface area contributed by atoms with E-state index in [1.165, 1.54) is 0 Å². The Hall–Kier alpha value is -1.14. The van der Waals surface area contributed by atoms with Crippen LogP contribution in [-0.2, 0) is 11.3 Å². The van der Waals surface area contributed by atoms with E-state index in [1.807, 2.05) is 27.7 Å². The van der Waals surface area contributed by atoms with Gasteiger partial charge in [-0.15, -0.1) is 11.3 Å². The van der Waals surface area contributed by atoms with Crippen LogP contribution in [-0.4, -0.2) is 40.7 Å². The molecular formula is C15H25N3O2S. The zero-order chi connectivity index (χ0) is 15.5. The minimum Gasteiger partial charge on any atom is -0.444 e. The molecule has 0 bridgehead atoms. The summed E-state index contributed by atoms with van der Waals surface area (Å²) in [5.41, 5.74) is 0.658. The summed E-state index contributed by atoms with van der Waals surface area (Å²) in [6.45, 7) is 10.0. The van der Waals surface area contributed by atoms with Gasteiger partial charge in [-0.05, 0) is 40.5 Å². The van der Waals surface area contributed by atoms with Crippen LogP contribution in [0.2, 0.25) is 0 Å². The van der Waals surface area contributed by atoms with Crippen molar-refractivity contribution in [3.8, 4) is 0 Å². The van der Waals surface area contributed by atoms with E-state index in [2.05, 4.69) is 15.7 Å². The van der Waals surface area contributed by atoms with Crippen LogP contribution < -0.4 is 5.32 Å². The lowest BCUT2D eigenvalue weighted by Gasteiger charge is -2.33. The Balaban J connectivity index is 1.72. The van der Waals surface area contributed by atoms with Gasteiger partial charge in [0.2, 0.25) is 0 Å².